The van der Waals surface area contributed by atoms with Crippen LogP contribution in [-0.4, -0.2) is 0 Å². The molecule has 1 atom stereocenters. The van der Waals surface area contributed by atoms with E-state index in [0.717, 1.165) is 16.4 Å². The fourth-order valence-electron chi connectivity index (χ4n) is 1.17. The number of alkyl halides is 1. The lowest BCUT2D eigenvalue weighted by Gasteiger charge is -2.05. The zero-order valence-electron chi connectivity index (χ0n) is 7.44. The number of hydrogen-bond acceptors (Lipinski definition) is 2. The van der Waals surface area contributed by atoms with Crippen LogP contribution in [0, 0.1) is 0 Å². The standard InChI is InChI=1S/C9H3Br4ClS2/c10-6-1-3(8(12)16-6)7(11)5-2-4(14)9(13)15-5/h1-2,7H. The van der Waals surface area contributed by atoms with E-state index in [1.54, 1.807) is 22.7 Å². The first-order valence-electron chi connectivity index (χ1n) is 4.02. The van der Waals surface area contributed by atoms with Gasteiger partial charge in [-0.05, 0) is 65.5 Å². The Kier molecular flexibility index (Phi) is 5.01. The van der Waals surface area contributed by atoms with Crippen LogP contribution >= 0.6 is 98.0 Å². The topological polar surface area (TPSA) is 0 Å². The summed E-state index contributed by atoms with van der Waals surface area (Å²) in [6, 6.07) is 4.09. The van der Waals surface area contributed by atoms with Crippen molar-refractivity contribution < 1.29 is 0 Å². The van der Waals surface area contributed by atoms with E-state index in [2.05, 4.69) is 69.8 Å². The minimum absolute atomic E-state index is 0.165. The summed E-state index contributed by atoms with van der Waals surface area (Å²) in [5, 5.41) is 0.759. The van der Waals surface area contributed by atoms with E-state index >= 15 is 0 Å². The molecule has 0 amide bonds. The van der Waals surface area contributed by atoms with Gasteiger partial charge < -0.3 is 0 Å². The number of thiophene rings is 2. The number of rotatable bonds is 2. The van der Waals surface area contributed by atoms with Gasteiger partial charge in [0.05, 0.1) is 21.2 Å². The van der Waals surface area contributed by atoms with Crippen molar-refractivity contribution in [2.24, 2.45) is 0 Å². The summed E-state index contributed by atoms with van der Waals surface area (Å²) in [6.45, 7) is 0. The van der Waals surface area contributed by atoms with Crippen LogP contribution in [0.5, 0.6) is 0 Å². The third kappa shape index (κ3) is 2.95. The molecular weight excluding hydrogens is 527 g/mol. The van der Waals surface area contributed by atoms with Crippen LogP contribution in [0.1, 0.15) is 15.3 Å². The van der Waals surface area contributed by atoms with E-state index in [-0.39, 0.29) is 4.83 Å². The van der Waals surface area contributed by atoms with Crippen LogP contribution in [0.4, 0.5) is 0 Å². The van der Waals surface area contributed by atoms with Gasteiger partial charge in [-0.2, -0.15) is 0 Å². The van der Waals surface area contributed by atoms with Gasteiger partial charge in [-0.1, -0.05) is 27.5 Å². The largest absolute Gasteiger partial charge is 0.130 e. The maximum atomic E-state index is 6.03. The molecule has 2 aromatic heterocycles. The van der Waals surface area contributed by atoms with Crippen molar-refractivity contribution >= 4 is 98.0 Å². The fourth-order valence-corrected chi connectivity index (χ4v) is 7.05. The maximum absolute atomic E-state index is 6.03. The molecule has 2 aromatic rings. The van der Waals surface area contributed by atoms with Crippen LogP contribution in [0.15, 0.2) is 23.5 Å². The number of hydrogen-bond donors (Lipinski definition) is 0. The summed E-state index contributed by atoms with van der Waals surface area (Å²) in [5.74, 6) is 0. The Morgan fingerprint density at radius 2 is 1.75 bits per heavy atom. The van der Waals surface area contributed by atoms with Crippen molar-refractivity contribution in [2.45, 2.75) is 4.83 Å². The van der Waals surface area contributed by atoms with Crippen molar-refractivity contribution in [3.05, 3.63) is 39.0 Å². The molecule has 0 radical (unpaired) electrons. The van der Waals surface area contributed by atoms with Gasteiger partial charge in [0.15, 0.2) is 0 Å². The maximum Gasteiger partial charge on any atom is 0.0887 e. The molecule has 0 aromatic carbocycles. The van der Waals surface area contributed by atoms with Crippen LogP contribution in [0.3, 0.4) is 0 Å². The minimum Gasteiger partial charge on any atom is -0.130 e. The van der Waals surface area contributed by atoms with Gasteiger partial charge >= 0.3 is 0 Å². The lowest BCUT2D eigenvalue weighted by molar-refractivity contribution is 1.23. The van der Waals surface area contributed by atoms with E-state index in [9.17, 15) is 0 Å². The summed E-state index contributed by atoms with van der Waals surface area (Å²) in [4.78, 5) is 1.35. The minimum atomic E-state index is 0.165. The fraction of sp³-hybridized carbons (Fsp3) is 0.111. The molecule has 0 fully saturated rings. The van der Waals surface area contributed by atoms with Crippen LogP contribution in [0.2, 0.25) is 5.02 Å². The molecule has 16 heavy (non-hydrogen) atoms. The molecule has 0 nitrogen and oxygen atoms in total. The third-order valence-corrected chi connectivity index (χ3v) is 8.08. The first-order chi connectivity index (χ1) is 7.49. The smallest absolute Gasteiger partial charge is 0.0887 e. The van der Waals surface area contributed by atoms with Crippen molar-refractivity contribution in [2.75, 3.05) is 0 Å². The Bertz CT molecular complexity index is 500. The second-order valence-electron chi connectivity index (χ2n) is 2.91. The normalized spacial score (nSPS) is 13.1. The van der Waals surface area contributed by atoms with Gasteiger partial charge in [0.2, 0.25) is 0 Å². The molecular formula is C9H3Br4ClS2. The zero-order chi connectivity index (χ0) is 11.9. The molecule has 2 rings (SSSR count). The summed E-state index contributed by atoms with van der Waals surface area (Å²) >= 11 is 23.5. The molecule has 0 saturated heterocycles. The third-order valence-electron chi connectivity index (χ3n) is 1.87. The monoisotopic (exact) mass is 526 g/mol. The second-order valence-corrected chi connectivity index (χ2v) is 10.4. The Labute approximate surface area is 140 Å². The highest BCUT2D eigenvalue weighted by atomic mass is 79.9. The van der Waals surface area contributed by atoms with Crippen LogP contribution in [0.25, 0.3) is 0 Å². The molecule has 0 aliphatic carbocycles. The molecule has 1 unspecified atom stereocenters. The van der Waals surface area contributed by atoms with Gasteiger partial charge in [-0.3, -0.25) is 0 Å². The van der Waals surface area contributed by atoms with Crippen LogP contribution in [-0.2, 0) is 0 Å². The molecule has 0 saturated carbocycles. The average molecular weight is 530 g/mol. The molecule has 2 heterocycles. The van der Waals surface area contributed by atoms with E-state index in [0.29, 0.717) is 0 Å². The van der Waals surface area contributed by atoms with Crippen molar-refractivity contribution in [1.82, 2.24) is 0 Å². The van der Waals surface area contributed by atoms with E-state index in [1.807, 2.05) is 6.07 Å². The zero-order valence-corrected chi connectivity index (χ0v) is 16.2. The van der Waals surface area contributed by atoms with E-state index < -0.39 is 0 Å². The summed E-state index contributed by atoms with van der Waals surface area (Å²) in [7, 11) is 0. The molecule has 0 N–H and O–H groups in total. The highest BCUT2D eigenvalue weighted by Crippen LogP contribution is 2.46. The average Bonchev–Trinajstić information content (AvgIpc) is 2.70. The first-order valence-corrected chi connectivity index (χ1v) is 9.33. The van der Waals surface area contributed by atoms with Crippen molar-refractivity contribution in [3.8, 4) is 0 Å². The van der Waals surface area contributed by atoms with E-state index in [1.165, 1.54) is 10.4 Å². The van der Waals surface area contributed by atoms with Gasteiger partial charge in [0.25, 0.3) is 0 Å². The highest BCUT2D eigenvalue weighted by Gasteiger charge is 2.19. The summed E-state index contributed by atoms with van der Waals surface area (Å²) in [6.07, 6.45) is 0. The van der Waals surface area contributed by atoms with Gasteiger partial charge in [0, 0.05) is 4.88 Å². The Morgan fingerprint density at radius 3 is 2.19 bits per heavy atom. The van der Waals surface area contributed by atoms with Crippen LogP contribution < -0.4 is 0 Å². The Morgan fingerprint density at radius 1 is 1.06 bits per heavy atom. The first kappa shape index (κ1) is 14.0. The predicted octanol–water partition coefficient (Wildman–Crippen LogP) is 7.23. The SMILES string of the molecule is Clc1cc(C(Br)c2cc(Br)sc2Br)sc1Br. The van der Waals surface area contributed by atoms with Gasteiger partial charge in [0.1, 0.15) is 0 Å². The predicted molar refractivity (Wildman–Crippen MR) is 87.5 cm³/mol. The molecule has 86 valence electrons. The molecule has 0 bridgehead atoms. The highest BCUT2D eigenvalue weighted by molar-refractivity contribution is 9.12. The van der Waals surface area contributed by atoms with Crippen molar-refractivity contribution in [3.63, 3.8) is 0 Å². The summed E-state index contributed by atoms with van der Waals surface area (Å²) in [5.41, 5.74) is 1.21. The summed E-state index contributed by atoms with van der Waals surface area (Å²) < 4.78 is 3.21. The Balaban J connectivity index is 2.38. The molecule has 0 aliphatic rings. The molecule has 7 heteroatoms. The molecule has 0 aliphatic heterocycles. The second kappa shape index (κ2) is 5.72. The quantitative estimate of drug-likeness (QED) is 0.360. The lowest BCUT2D eigenvalue weighted by atomic mass is 10.2. The Hall–Kier alpha value is 1.61. The molecule has 0 spiro atoms. The lowest BCUT2D eigenvalue weighted by Crippen LogP contribution is -1.86. The van der Waals surface area contributed by atoms with Gasteiger partial charge in [-0.25, -0.2) is 0 Å². The van der Waals surface area contributed by atoms with Crippen molar-refractivity contribution in [1.29, 1.82) is 0 Å². The number of halogens is 5. The van der Waals surface area contributed by atoms with Gasteiger partial charge in [-0.15, -0.1) is 22.7 Å². The van der Waals surface area contributed by atoms with E-state index in [4.69, 9.17) is 11.6 Å².